The molecule has 1 aromatic rings. The van der Waals surface area contributed by atoms with E-state index in [0.29, 0.717) is 6.04 Å². The Labute approximate surface area is 86.5 Å². The fourth-order valence-corrected chi connectivity index (χ4v) is 2.17. The molecule has 1 nitrogen and oxygen atoms in total. The molecule has 0 fully saturated rings. The van der Waals surface area contributed by atoms with Gasteiger partial charge in [-0.2, -0.15) is 0 Å². The van der Waals surface area contributed by atoms with Crippen LogP contribution in [0.4, 0.5) is 0 Å². The van der Waals surface area contributed by atoms with Gasteiger partial charge in [0.05, 0.1) is 0 Å². The van der Waals surface area contributed by atoms with E-state index < -0.39 is 0 Å². The van der Waals surface area contributed by atoms with Crippen molar-refractivity contribution in [3.8, 4) is 0 Å². The molecular weight excluding hydrogens is 170 g/mol. The van der Waals surface area contributed by atoms with Gasteiger partial charge in [-0.15, -0.1) is 0 Å². The molecule has 0 saturated carbocycles. The summed E-state index contributed by atoms with van der Waals surface area (Å²) in [6.45, 7) is 5.54. The Bertz CT molecular complexity index is 317. The topological polar surface area (TPSA) is 12.0 Å². The summed E-state index contributed by atoms with van der Waals surface area (Å²) in [5.74, 6) is 0. The van der Waals surface area contributed by atoms with E-state index in [-0.39, 0.29) is 0 Å². The van der Waals surface area contributed by atoms with Crippen LogP contribution in [-0.4, -0.2) is 6.04 Å². The van der Waals surface area contributed by atoms with Crippen LogP contribution in [0.25, 0.3) is 0 Å². The van der Waals surface area contributed by atoms with E-state index in [4.69, 9.17) is 0 Å². The van der Waals surface area contributed by atoms with Crippen molar-refractivity contribution in [2.75, 3.05) is 0 Å². The van der Waals surface area contributed by atoms with Gasteiger partial charge in [-0.05, 0) is 36.5 Å². The third-order valence-corrected chi connectivity index (χ3v) is 2.98. The lowest BCUT2D eigenvalue weighted by atomic mass is 9.94. The van der Waals surface area contributed by atoms with Gasteiger partial charge in [-0.25, -0.2) is 0 Å². The SMILES string of the molecule is CCCc1ccc2c(c1)CNC(C)C2. The van der Waals surface area contributed by atoms with Gasteiger partial charge in [0, 0.05) is 12.6 Å². The lowest BCUT2D eigenvalue weighted by Gasteiger charge is -2.23. The van der Waals surface area contributed by atoms with Crippen molar-refractivity contribution in [1.82, 2.24) is 5.32 Å². The largest absolute Gasteiger partial charge is 0.310 e. The number of nitrogens with one attached hydrogen (secondary N) is 1. The third-order valence-electron chi connectivity index (χ3n) is 2.98. The summed E-state index contributed by atoms with van der Waals surface area (Å²) in [5, 5.41) is 3.51. The monoisotopic (exact) mass is 189 g/mol. The first-order chi connectivity index (χ1) is 6.79. The van der Waals surface area contributed by atoms with Crippen molar-refractivity contribution in [1.29, 1.82) is 0 Å². The predicted molar refractivity (Wildman–Crippen MR) is 60.4 cm³/mol. The smallest absolute Gasteiger partial charge is 0.0210 e. The summed E-state index contributed by atoms with van der Waals surface area (Å²) >= 11 is 0. The molecule has 14 heavy (non-hydrogen) atoms. The first-order valence-electron chi connectivity index (χ1n) is 5.63. The Hall–Kier alpha value is -0.820. The lowest BCUT2D eigenvalue weighted by molar-refractivity contribution is 0.513. The molecular formula is C13H19N. The molecule has 0 bridgehead atoms. The summed E-state index contributed by atoms with van der Waals surface area (Å²) in [4.78, 5) is 0. The standard InChI is InChI=1S/C13H19N/c1-3-4-11-5-6-12-7-10(2)14-9-13(12)8-11/h5-6,8,10,14H,3-4,7,9H2,1-2H3. The van der Waals surface area contributed by atoms with Crippen molar-refractivity contribution in [2.24, 2.45) is 0 Å². The molecule has 0 spiro atoms. The van der Waals surface area contributed by atoms with Crippen LogP contribution in [0.15, 0.2) is 18.2 Å². The summed E-state index contributed by atoms with van der Waals surface area (Å²) in [7, 11) is 0. The van der Waals surface area contributed by atoms with Crippen molar-refractivity contribution < 1.29 is 0 Å². The molecule has 0 aliphatic carbocycles. The summed E-state index contributed by atoms with van der Waals surface area (Å²) in [6, 6.07) is 7.62. The Morgan fingerprint density at radius 1 is 1.36 bits per heavy atom. The minimum absolute atomic E-state index is 0.638. The number of fused-ring (bicyclic) bond motifs is 1. The van der Waals surface area contributed by atoms with Crippen LogP contribution >= 0.6 is 0 Å². The Kier molecular flexibility index (Phi) is 2.87. The summed E-state index contributed by atoms with van der Waals surface area (Å²) in [6.07, 6.45) is 3.63. The predicted octanol–water partition coefficient (Wildman–Crippen LogP) is 2.67. The van der Waals surface area contributed by atoms with Gasteiger partial charge < -0.3 is 5.32 Å². The van der Waals surface area contributed by atoms with Crippen LogP contribution in [0.3, 0.4) is 0 Å². The highest BCUT2D eigenvalue weighted by Gasteiger charge is 2.13. The summed E-state index contributed by atoms with van der Waals surface area (Å²) < 4.78 is 0. The average molecular weight is 189 g/mol. The first-order valence-corrected chi connectivity index (χ1v) is 5.63. The number of benzene rings is 1. The number of hydrogen-bond acceptors (Lipinski definition) is 1. The van der Waals surface area contributed by atoms with Crippen molar-refractivity contribution in [2.45, 2.75) is 45.7 Å². The maximum Gasteiger partial charge on any atom is 0.0210 e. The number of rotatable bonds is 2. The molecule has 2 rings (SSSR count). The highest BCUT2D eigenvalue weighted by atomic mass is 14.9. The molecule has 0 saturated heterocycles. The van der Waals surface area contributed by atoms with Gasteiger partial charge in [-0.1, -0.05) is 31.5 Å². The van der Waals surface area contributed by atoms with Crippen LogP contribution in [0.5, 0.6) is 0 Å². The van der Waals surface area contributed by atoms with E-state index in [1.165, 1.54) is 36.0 Å². The average Bonchev–Trinajstić information content (AvgIpc) is 2.19. The second kappa shape index (κ2) is 4.14. The van der Waals surface area contributed by atoms with Gasteiger partial charge in [0.2, 0.25) is 0 Å². The van der Waals surface area contributed by atoms with Gasteiger partial charge in [0.15, 0.2) is 0 Å². The van der Waals surface area contributed by atoms with Crippen LogP contribution in [0.1, 0.15) is 37.0 Å². The Balaban J connectivity index is 2.22. The lowest BCUT2D eigenvalue weighted by Crippen LogP contribution is -2.32. The van der Waals surface area contributed by atoms with E-state index in [9.17, 15) is 0 Å². The van der Waals surface area contributed by atoms with Gasteiger partial charge >= 0.3 is 0 Å². The first kappa shape index (κ1) is 9.72. The number of hydrogen-bond donors (Lipinski definition) is 1. The molecule has 1 heteroatoms. The molecule has 1 aliphatic heterocycles. The molecule has 76 valence electrons. The van der Waals surface area contributed by atoms with Gasteiger partial charge in [0.25, 0.3) is 0 Å². The van der Waals surface area contributed by atoms with Crippen molar-refractivity contribution >= 4 is 0 Å². The zero-order chi connectivity index (χ0) is 9.97. The van der Waals surface area contributed by atoms with E-state index >= 15 is 0 Å². The second-order valence-electron chi connectivity index (χ2n) is 4.34. The van der Waals surface area contributed by atoms with Gasteiger partial charge in [-0.3, -0.25) is 0 Å². The molecule has 0 amide bonds. The van der Waals surface area contributed by atoms with E-state index in [0.717, 1.165) is 6.54 Å². The Morgan fingerprint density at radius 3 is 3.00 bits per heavy atom. The third kappa shape index (κ3) is 1.98. The zero-order valence-electron chi connectivity index (χ0n) is 9.14. The second-order valence-corrected chi connectivity index (χ2v) is 4.34. The van der Waals surface area contributed by atoms with Crippen molar-refractivity contribution in [3.05, 3.63) is 34.9 Å². The molecule has 1 aromatic carbocycles. The van der Waals surface area contributed by atoms with Crippen molar-refractivity contribution in [3.63, 3.8) is 0 Å². The summed E-state index contributed by atoms with van der Waals surface area (Å²) in [5.41, 5.74) is 4.53. The maximum atomic E-state index is 3.51. The maximum absolute atomic E-state index is 3.51. The van der Waals surface area contributed by atoms with Crippen LogP contribution in [0.2, 0.25) is 0 Å². The fourth-order valence-electron chi connectivity index (χ4n) is 2.17. The molecule has 1 aliphatic rings. The van der Waals surface area contributed by atoms with Crippen LogP contribution < -0.4 is 5.32 Å². The van der Waals surface area contributed by atoms with Crippen LogP contribution in [0, 0.1) is 0 Å². The zero-order valence-corrected chi connectivity index (χ0v) is 9.14. The minimum Gasteiger partial charge on any atom is -0.310 e. The molecule has 0 aromatic heterocycles. The molecule has 1 heterocycles. The highest BCUT2D eigenvalue weighted by molar-refractivity contribution is 5.34. The number of aryl methyl sites for hydroxylation is 1. The Morgan fingerprint density at radius 2 is 2.21 bits per heavy atom. The minimum atomic E-state index is 0.638. The van der Waals surface area contributed by atoms with E-state index in [1.54, 1.807) is 0 Å². The molecule has 0 radical (unpaired) electrons. The fraction of sp³-hybridized carbons (Fsp3) is 0.538. The quantitative estimate of drug-likeness (QED) is 0.754. The van der Waals surface area contributed by atoms with Gasteiger partial charge in [0.1, 0.15) is 0 Å². The normalized spacial score (nSPS) is 20.6. The highest BCUT2D eigenvalue weighted by Crippen LogP contribution is 2.18. The molecule has 1 atom stereocenters. The van der Waals surface area contributed by atoms with Crippen LogP contribution in [-0.2, 0) is 19.4 Å². The van der Waals surface area contributed by atoms with E-state index in [2.05, 4.69) is 37.4 Å². The molecule has 1 unspecified atom stereocenters. The van der Waals surface area contributed by atoms with E-state index in [1.807, 2.05) is 0 Å². The molecule has 1 N–H and O–H groups in total.